The molecule has 0 amide bonds. The molecule has 35 heavy (non-hydrogen) atoms. The van der Waals surface area contributed by atoms with Gasteiger partial charge < -0.3 is 19.3 Å². The molecule has 0 fully saturated rings. The molecule has 9 nitrogen and oxygen atoms in total. The van der Waals surface area contributed by atoms with Gasteiger partial charge in [-0.25, -0.2) is 22.1 Å². The van der Waals surface area contributed by atoms with Crippen molar-refractivity contribution in [2.75, 3.05) is 31.2 Å². The van der Waals surface area contributed by atoms with Crippen LogP contribution in [0.5, 0.6) is 23.1 Å². The lowest BCUT2D eigenvalue weighted by Crippen LogP contribution is -2.35. The largest absolute Gasteiger partial charge is 0.493 e. The monoisotopic (exact) mass is 505 g/mol. The van der Waals surface area contributed by atoms with Crippen molar-refractivity contribution in [2.45, 2.75) is 25.7 Å². The molecule has 0 aliphatic rings. The quantitative estimate of drug-likeness (QED) is 0.417. The number of aromatic nitrogens is 2. The van der Waals surface area contributed by atoms with Crippen LogP contribution in [0.25, 0.3) is 0 Å². The number of aliphatic hydroxyl groups is 1. The SMILES string of the molecule is COc1cc(F)ccc1Oc1c(OCCO)nc(C)nc1N(CC(C)C)S(=O)(=O)c1ccccc1. The number of methoxy groups -OCH3 is 1. The zero-order valence-corrected chi connectivity index (χ0v) is 20.8. The summed E-state index contributed by atoms with van der Waals surface area (Å²) in [5.41, 5.74) is 0. The number of sulfonamides is 1. The topological polar surface area (TPSA) is 111 Å². The van der Waals surface area contributed by atoms with Crippen LogP contribution in [-0.4, -0.2) is 50.4 Å². The Labute approximate surface area is 204 Å². The predicted octanol–water partition coefficient (Wildman–Crippen LogP) is 3.95. The molecule has 188 valence electrons. The van der Waals surface area contributed by atoms with Crippen LogP contribution in [-0.2, 0) is 10.0 Å². The van der Waals surface area contributed by atoms with Crippen LogP contribution in [0.4, 0.5) is 10.2 Å². The lowest BCUT2D eigenvalue weighted by molar-refractivity contribution is 0.192. The molecule has 0 radical (unpaired) electrons. The van der Waals surface area contributed by atoms with Crippen molar-refractivity contribution in [2.24, 2.45) is 5.92 Å². The first-order valence-corrected chi connectivity index (χ1v) is 12.3. The standard InChI is InChI=1S/C24H28FN3O6S/c1-16(2)15-28(35(30,31)19-8-6-5-7-9-19)23-22(24(33-13-12-29)27-17(3)26-23)34-20-11-10-18(25)14-21(20)32-4/h5-11,14,16,29H,12-13,15H2,1-4H3. The Kier molecular flexibility index (Phi) is 8.47. The number of hydrogen-bond acceptors (Lipinski definition) is 8. The summed E-state index contributed by atoms with van der Waals surface area (Å²) in [6.45, 7) is 4.96. The molecule has 0 bridgehead atoms. The van der Waals surface area contributed by atoms with E-state index in [-0.39, 0.29) is 65.3 Å². The zero-order valence-electron chi connectivity index (χ0n) is 19.9. The second kappa shape index (κ2) is 11.3. The van der Waals surface area contributed by atoms with Crippen molar-refractivity contribution in [1.82, 2.24) is 9.97 Å². The van der Waals surface area contributed by atoms with Crippen LogP contribution in [0.15, 0.2) is 53.4 Å². The van der Waals surface area contributed by atoms with Gasteiger partial charge in [-0.3, -0.25) is 0 Å². The minimum Gasteiger partial charge on any atom is -0.493 e. The average molecular weight is 506 g/mol. The van der Waals surface area contributed by atoms with Gasteiger partial charge in [-0.05, 0) is 37.1 Å². The summed E-state index contributed by atoms with van der Waals surface area (Å²) in [6, 6.07) is 11.6. The van der Waals surface area contributed by atoms with Gasteiger partial charge in [0.05, 0.1) is 18.6 Å². The van der Waals surface area contributed by atoms with E-state index >= 15 is 0 Å². The molecule has 0 aliphatic carbocycles. The highest BCUT2D eigenvalue weighted by atomic mass is 32.2. The molecule has 0 saturated carbocycles. The van der Waals surface area contributed by atoms with Gasteiger partial charge in [-0.15, -0.1) is 0 Å². The van der Waals surface area contributed by atoms with Crippen molar-refractivity contribution < 1.29 is 32.1 Å². The zero-order chi connectivity index (χ0) is 25.6. The molecule has 1 aromatic heterocycles. The van der Waals surface area contributed by atoms with Gasteiger partial charge in [0.15, 0.2) is 17.3 Å². The highest BCUT2D eigenvalue weighted by Crippen LogP contribution is 2.43. The van der Waals surface area contributed by atoms with Crippen molar-refractivity contribution in [3.05, 3.63) is 60.2 Å². The van der Waals surface area contributed by atoms with Gasteiger partial charge in [0, 0.05) is 12.6 Å². The van der Waals surface area contributed by atoms with E-state index in [0.717, 1.165) is 10.4 Å². The van der Waals surface area contributed by atoms with E-state index in [2.05, 4.69) is 9.97 Å². The lowest BCUT2D eigenvalue weighted by Gasteiger charge is -2.27. The molecule has 0 spiro atoms. The Morgan fingerprint density at radius 3 is 2.43 bits per heavy atom. The first-order chi connectivity index (χ1) is 16.7. The third-order valence-electron chi connectivity index (χ3n) is 4.69. The Hall–Kier alpha value is -3.44. The van der Waals surface area contributed by atoms with Crippen LogP contribution in [0, 0.1) is 18.7 Å². The maximum Gasteiger partial charge on any atom is 0.265 e. The fourth-order valence-corrected chi connectivity index (χ4v) is 4.81. The van der Waals surface area contributed by atoms with Crippen molar-refractivity contribution in [1.29, 1.82) is 0 Å². The van der Waals surface area contributed by atoms with Crippen LogP contribution >= 0.6 is 0 Å². The molecule has 3 aromatic rings. The lowest BCUT2D eigenvalue weighted by atomic mass is 10.2. The maximum absolute atomic E-state index is 13.8. The van der Waals surface area contributed by atoms with E-state index in [4.69, 9.17) is 14.2 Å². The number of rotatable bonds is 11. The summed E-state index contributed by atoms with van der Waals surface area (Å²) >= 11 is 0. The van der Waals surface area contributed by atoms with Gasteiger partial charge >= 0.3 is 0 Å². The summed E-state index contributed by atoms with van der Waals surface area (Å²) in [4.78, 5) is 8.73. The molecule has 0 atom stereocenters. The van der Waals surface area contributed by atoms with Crippen LogP contribution < -0.4 is 18.5 Å². The third-order valence-corrected chi connectivity index (χ3v) is 6.46. The summed E-state index contributed by atoms with van der Waals surface area (Å²) in [6.07, 6.45) is 0. The minimum absolute atomic E-state index is 0.0608. The van der Waals surface area contributed by atoms with Crippen LogP contribution in [0.3, 0.4) is 0 Å². The minimum atomic E-state index is -4.07. The summed E-state index contributed by atoms with van der Waals surface area (Å²) in [5, 5.41) is 9.29. The van der Waals surface area contributed by atoms with Gasteiger partial charge in [0.25, 0.3) is 15.9 Å². The Morgan fingerprint density at radius 1 is 1.09 bits per heavy atom. The Bertz CT molecular complexity index is 1260. The molecular weight excluding hydrogens is 477 g/mol. The number of hydrogen-bond donors (Lipinski definition) is 1. The van der Waals surface area contributed by atoms with Crippen molar-refractivity contribution in [3.63, 3.8) is 0 Å². The normalized spacial score (nSPS) is 11.4. The second-order valence-corrected chi connectivity index (χ2v) is 9.80. The van der Waals surface area contributed by atoms with E-state index in [1.165, 1.54) is 31.4 Å². The van der Waals surface area contributed by atoms with E-state index in [1.54, 1.807) is 25.1 Å². The van der Waals surface area contributed by atoms with Gasteiger partial charge in [0.2, 0.25) is 5.75 Å². The fourth-order valence-electron chi connectivity index (χ4n) is 3.21. The number of aryl methyl sites for hydroxylation is 1. The molecule has 1 N–H and O–H groups in total. The van der Waals surface area contributed by atoms with Crippen LogP contribution in [0.1, 0.15) is 19.7 Å². The Morgan fingerprint density at radius 2 is 1.80 bits per heavy atom. The highest BCUT2D eigenvalue weighted by Gasteiger charge is 2.32. The number of ether oxygens (including phenoxy) is 3. The van der Waals surface area contributed by atoms with Crippen molar-refractivity contribution in [3.8, 4) is 23.1 Å². The first-order valence-electron chi connectivity index (χ1n) is 10.9. The average Bonchev–Trinajstić information content (AvgIpc) is 2.83. The number of nitrogens with zero attached hydrogens (tertiary/aromatic N) is 3. The van der Waals surface area contributed by atoms with E-state index in [0.29, 0.717) is 0 Å². The van der Waals surface area contributed by atoms with Crippen LogP contribution in [0.2, 0.25) is 0 Å². The van der Waals surface area contributed by atoms with Crippen molar-refractivity contribution >= 4 is 15.8 Å². The van der Waals surface area contributed by atoms with E-state index < -0.39 is 15.8 Å². The number of anilines is 1. The van der Waals surface area contributed by atoms with Gasteiger partial charge in [0.1, 0.15) is 18.2 Å². The van der Waals surface area contributed by atoms with E-state index in [1.807, 2.05) is 13.8 Å². The highest BCUT2D eigenvalue weighted by molar-refractivity contribution is 7.92. The molecule has 2 aromatic carbocycles. The molecule has 0 aliphatic heterocycles. The molecule has 0 unspecified atom stereocenters. The molecular formula is C24H28FN3O6S. The molecule has 11 heteroatoms. The maximum atomic E-state index is 13.8. The number of halogens is 1. The summed E-state index contributed by atoms with van der Waals surface area (Å²) in [5.74, 6) is -0.487. The summed E-state index contributed by atoms with van der Waals surface area (Å²) in [7, 11) is -2.72. The van der Waals surface area contributed by atoms with Gasteiger partial charge in [-0.2, -0.15) is 4.98 Å². The fraction of sp³-hybridized carbons (Fsp3) is 0.333. The number of aliphatic hydroxyl groups excluding tert-OH is 1. The van der Waals surface area contributed by atoms with Gasteiger partial charge in [-0.1, -0.05) is 32.0 Å². The second-order valence-electron chi connectivity index (χ2n) is 7.94. The third kappa shape index (κ3) is 6.17. The smallest absolute Gasteiger partial charge is 0.265 e. The predicted molar refractivity (Wildman–Crippen MR) is 128 cm³/mol. The Balaban J connectivity index is 2.25. The number of benzene rings is 2. The summed E-state index contributed by atoms with van der Waals surface area (Å²) < 4.78 is 59.2. The van der Waals surface area contributed by atoms with E-state index in [9.17, 15) is 17.9 Å². The molecule has 1 heterocycles. The molecule has 0 saturated heterocycles. The molecule has 3 rings (SSSR count). The first kappa shape index (κ1) is 26.2.